The van der Waals surface area contributed by atoms with Crippen LogP contribution in [0.15, 0.2) is 53.0 Å². The Kier molecular flexibility index (Phi) is 10.4. The van der Waals surface area contributed by atoms with Gasteiger partial charge < -0.3 is 15.0 Å². The Balaban J connectivity index is 2.18. The molecule has 0 saturated carbocycles. The molecule has 0 radical (unpaired) electrons. The number of nitrogens with zero attached hydrogens (tertiary/aromatic N) is 1. The van der Waals surface area contributed by atoms with E-state index < -0.39 is 6.04 Å². The number of ether oxygens (including phenoxy) is 1. The molecule has 5 nitrogen and oxygen atoms in total. The highest BCUT2D eigenvalue weighted by atomic mass is 79.9. The highest BCUT2D eigenvalue weighted by molar-refractivity contribution is 9.10. The summed E-state index contributed by atoms with van der Waals surface area (Å²) < 4.78 is 6.70. The van der Waals surface area contributed by atoms with Gasteiger partial charge in [-0.3, -0.25) is 9.59 Å². The van der Waals surface area contributed by atoms with Gasteiger partial charge in [-0.15, -0.1) is 0 Å². The summed E-state index contributed by atoms with van der Waals surface area (Å²) in [5, 5.41) is 2.98. The minimum atomic E-state index is -0.551. The zero-order valence-electron chi connectivity index (χ0n) is 20.5. The Morgan fingerprint density at radius 1 is 1.09 bits per heavy atom. The van der Waals surface area contributed by atoms with Crippen molar-refractivity contribution in [3.63, 3.8) is 0 Å². The minimum absolute atomic E-state index is 0.0167. The van der Waals surface area contributed by atoms with E-state index in [-0.39, 0.29) is 23.8 Å². The first-order valence-corrected chi connectivity index (χ1v) is 12.5. The molecule has 1 N–H and O–H groups in total. The standard InChI is InChI=1S/C27H37BrN2O3/c1-6-8-16-29-26(32)23(7-2)30(18-20-12-10-9-11-13-20)25(31)19-33-24-15-14-21(17-22(24)28)27(3,4)5/h9-15,17,23H,6-8,16,18-19H2,1-5H3,(H,29,32). The van der Waals surface area contributed by atoms with Crippen LogP contribution in [0.5, 0.6) is 5.75 Å². The summed E-state index contributed by atoms with van der Waals surface area (Å²) in [7, 11) is 0. The number of halogens is 1. The van der Waals surface area contributed by atoms with Gasteiger partial charge in [-0.25, -0.2) is 0 Å². The van der Waals surface area contributed by atoms with Crippen molar-refractivity contribution in [2.24, 2.45) is 0 Å². The number of unbranched alkanes of at least 4 members (excludes halogenated alkanes) is 1. The van der Waals surface area contributed by atoms with Gasteiger partial charge in [0.25, 0.3) is 5.91 Å². The normalized spacial score (nSPS) is 12.2. The Hall–Kier alpha value is -2.34. The highest BCUT2D eigenvalue weighted by Gasteiger charge is 2.29. The van der Waals surface area contributed by atoms with Crippen LogP contribution in [0.1, 0.15) is 65.0 Å². The van der Waals surface area contributed by atoms with Gasteiger partial charge in [0.15, 0.2) is 6.61 Å². The molecular formula is C27H37BrN2O3. The fraction of sp³-hybridized carbons (Fsp3) is 0.481. The third-order valence-electron chi connectivity index (χ3n) is 5.56. The van der Waals surface area contributed by atoms with Crippen LogP contribution in [0.3, 0.4) is 0 Å². The van der Waals surface area contributed by atoms with Crippen LogP contribution in [0.2, 0.25) is 0 Å². The molecule has 1 atom stereocenters. The third-order valence-corrected chi connectivity index (χ3v) is 6.18. The van der Waals surface area contributed by atoms with E-state index in [4.69, 9.17) is 4.74 Å². The van der Waals surface area contributed by atoms with E-state index in [0.29, 0.717) is 25.3 Å². The monoisotopic (exact) mass is 516 g/mol. The van der Waals surface area contributed by atoms with E-state index in [2.05, 4.69) is 48.9 Å². The Bertz CT molecular complexity index is 909. The maximum atomic E-state index is 13.3. The van der Waals surface area contributed by atoms with Crippen molar-refractivity contribution < 1.29 is 14.3 Å². The average molecular weight is 518 g/mol. The van der Waals surface area contributed by atoms with Gasteiger partial charge in [0.1, 0.15) is 11.8 Å². The minimum Gasteiger partial charge on any atom is -0.483 e. The molecule has 2 aromatic carbocycles. The number of carbonyl (C=O) groups excluding carboxylic acids is 2. The SMILES string of the molecule is CCCCNC(=O)C(CC)N(Cc1ccccc1)C(=O)COc1ccc(C(C)(C)C)cc1Br. The van der Waals surface area contributed by atoms with Gasteiger partial charge in [0.05, 0.1) is 4.47 Å². The lowest BCUT2D eigenvalue weighted by atomic mass is 9.87. The molecule has 33 heavy (non-hydrogen) atoms. The van der Waals surface area contributed by atoms with E-state index in [1.165, 1.54) is 5.56 Å². The van der Waals surface area contributed by atoms with Gasteiger partial charge in [0, 0.05) is 13.1 Å². The number of hydrogen-bond acceptors (Lipinski definition) is 3. The van der Waals surface area contributed by atoms with E-state index in [1.54, 1.807) is 4.90 Å². The summed E-state index contributed by atoms with van der Waals surface area (Å²) in [6, 6.07) is 15.1. The van der Waals surface area contributed by atoms with Crippen LogP contribution in [-0.2, 0) is 21.5 Å². The maximum absolute atomic E-state index is 13.3. The van der Waals surface area contributed by atoms with Gasteiger partial charge in [-0.1, -0.05) is 77.4 Å². The summed E-state index contributed by atoms with van der Waals surface area (Å²) >= 11 is 3.57. The van der Waals surface area contributed by atoms with E-state index >= 15 is 0 Å². The summed E-state index contributed by atoms with van der Waals surface area (Å²) in [4.78, 5) is 27.8. The Morgan fingerprint density at radius 2 is 1.79 bits per heavy atom. The van der Waals surface area contributed by atoms with Crippen molar-refractivity contribution in [3.05, 3.63) is 64.1 Å². The molecule has 0 aliphatic heterocycles. The number of hydrogen-bond donors (Lipinski definition) is 1. The lowest BCUT2D eigenvalue weighted by Crippen LogP contribution is -2.50. The summed E-state index contributed by atoms with van der Waals surface area (Å²) in [5.41, 5.74) is 2.16. The predicted molar refractivity (Wildman–Crippen MR) is 137 cm³/mol. The second-order valence-corrected chi connectivity index (χ2v) is 10.1. The van der Waals surface area contributed by atoms with Gasteiger partial charge in [0.2, 0.25) is 5.91 Å². The second kappa shape index (κ2) is 12.8. The molecule has 0 fully saturated rings. The first-order chi connectivity index (χ1) is 15.7. The molecule has 2 amide bonds. The highest BCUT2D eigenvalue weighted by Crippen LogP contribution is 2.31. The van der Waals surface area contributed by atoms with Crippen LogP contribution in [0, 0.1) is 0 Å². The van der Waals surface area contributed by atoms with Crippen LogP contribution in [0.4, 0.5) is 0 Å². The lowest BCUT2D eigenvalue weighted by molar-refractivity contribution is -0.143. The first kappa shape index (κ1) is 26.9. The van der Waals surface area contributed by atoms with Crippen molar-refractivity contribution in [3.8, 4) is 5.75 Å². The fourth-order valence-electron chi connectivity index (χ4n) is 3.51. The van der Waals surface area contributed by atoms with Gasteiger partial charge >= 0.3 is 0 Å². The number of nitrogens with one attached hydrogen (secondary N) is 1. The molecule has 0 bridgehead atoms. The summed E-state index contributed by atoms with van der Waals surface area (Å²) in [6.45, 7) is 11.3. The first-order valence-electron chi connectivity index (χ1n) is 11.7. The molecule has 180 valence electrons. The number of amides is 2. The van der Waals surface area contributed by atoms with Crippen molar-refractivity contribution in [1.29, 1.82) is 0 Å². The molecule has 0 aliphatic rings. The van der Waals surface area contributed by atoms with Crippen LogP contribution in [0.25, 0.3) is 0 Å². The largest absolute Gasteiger partial charge is 0.483 e. The molecule has 2 rings (SSSR count). The summed E-state index contributed by atoms with van der Waals surface area (Å²) in [5.74, 6) is 0.269. The van der Waals surface area contributed by atoms with Crippen LogP contribution in [-0.4, -0.2) is 35.9 Å². The van der Waals surface area contributed by atoms with E-state index in [1.807, 2.05) is 55.5 Å². The zero-order valence-corrected chi connectivity index (χ0v) is 22.1. The molecule has 0 saturated heterocycles. The maximum Gasteiger partial charge on any atom is 0.261 e. The topological polar surface area (TPSA) is 58.6 Å². The molecule has 0 aromatic heterocycles. The molecule has 2 aromatic rings. The Labute approximate surface area is 207 Å². The second-order valence-electron chi connectivity index (χ2n) is 9.26. The van der Waals surface area contributed by atoms with Crippen molar-refractivity contribution in [2.75, 3.05) is 13.2 Å². The average Bonchev–Trinajstić information content (AvgIpc) is 2.78. The van der Waals surface area contributed by atoms with Crippen LogP contribution >= 0.6 is 15.9 Å². The molecule has 0 spiro atoms. The Morgan fingerprint density at radius 3 is 2.36 bits per heavy atom. The lowest BCUT2D eigenvalue weighted by Gasteiger charge is -2.30. The van der Waals surface area contributed by atoms with Crippen molar-refractivity contribution in [1.82, 2.24) is 10.2 Å². The summed E-state index contributed by atoms with van der Waals surface area (Å²) in [6.07, 6.45) is 2.44. The zero-order chi connectivity index (χ0) is 24.4. The smallest absolute Gasteiger partial charge is 0.261 e. The molecule has 0 aliphatic carbocycles. The van der Waals surface area contributed by atoms with Crippen molar-refractivity contribution >= 4 is 27.7 Å². The quantitative estimate of drug-likeness (QED) is 0.381. The number of benzene rings is 2. The van der Waals surface area contributed by atoms with Crippen molar-refractivity contribution in [2.45, 2.75) is 71.9 Å². The van der Waals surface area contributed by atoms with E-state index in [9.17, 15) is 9.59 Å². The number of carbonyl (C=O) groups is 2. The van der Waals surface area contributed by atoms with Crippen LogP contribution < -0.4 is 10.1 Å². The molecule has 1 unspecified atom stereocenters. The molecule has 0 heterocycles. The van der Waals surface area contributed by atoms with Gasteiger partial charge in [-0.2, -0.15) is 0 Å². The predicted octanol–water partition coefficient (Wildman–Crippen LogP) is 5.85. The number of rotatable bonds is 11. The fourth-order valence-corrected chi connectivity index (χ4v) is 4.01. The molecule has 6 heteroatoms. The molecular weight excluding hydrogens is 480 g/mol. The third kappa shape index (κ3) is 8.18. The van der Waals surface area contributed by atoms with Gasteiger partial charge in [-0.05, 0) is 57.4 Å². The van der Waals surface area contributed by atoms with E-state index in [0.717, 1.165) is 22.9 Å².